The van der Waals surface area contributed by atoms with Gasteiger partial charge in [0, 0.05) is 16.5 Å². The number of rotatable bonds is 6. The van der Waals surface area contributed by atoms with Crippen molar-refractivity contribution in [2.45, 2.75) is 12.8 Å². The highest BCUT2D eigenvalue weighted by Gasteiger charge is 2.27. The lowest BCUT2D eigenvalue weighted by atomic mass is 10.0. The van der Waals surface area contributed by atoms with Gasteiger partial charge < -0.3 is 4.74 Å². The van der Waals surface area contributed by atoms with E-state index < -0.39 is 0 Å². The maximum atomic E-state index is 12.6. The van der Waals surface area contributed by atoms with E-state index in [1.54, 1.807) is 0 Å². The van der Waals surface area contributed by atoms with E-state index in [0.29, 0.717) is 6.61 Å². The highest BCUT2D eigenvalue weighted by molar-refractivity contribution is 9.09. The second-order valence-electron chi connectivity index (χ2n) is 5.26. The fourth-order valence-corrected chi connectivity index (χ4v) is 3.01. The van der Waals surface area contributed by atoms with Crippen LogP contribution in [-0.2, 0) is 6.42 Å². The summed E-state index contributed by atoms with van der Waals surface area (Å²) < 4.78 is 5.87. The molecule has 1 aliphatic rings. The monoisotopic (exact) mass is 356 g/mol. The first kappa shape index (κ1) is 15.0. The molecule has 2 aromatic carbocycles. The lowest BCUT2D eigenvalue weighted by Gasteiger charge is -2.12. The molecular formula is C19H17BrO2. The number of fused-ring (bicyclic) bond motifs is 3. The van der Waals surface area contributed by atoms with E-state index in [4.69, 9.17) is 4.74 Å². The van der Waals surface area contributed by atoms with E-state index in [1.165, 1.54) is 0 Å². The number of carbonyl (C=O) groups is 1. The molecule has 0 aromatic heterocycles. The molecule has 0 heterocycles. The normalized spacial score (nSPS) is 12.0. The Morgan fingerprint density at radius 2 is 1.86 bits per heavy atom. The van der Waals surface area contributed by atoms with Crippen LogP contribution in [-0.4, -0.2) is 17.7 Å². The largest absolute Gasteiger partial charge is 0.493 e. The molecule has 0 radical (unpaired) electrons. The Morgan fingerprint density at radius 3 is 2.59 bits per heavy atom. The van der Waals surface area contributed by atoms with E-state index >= 15 is 0 Å². The van der Waals surface area contributed by atoms with Crippen molar-refractivity contribution in [1.82, 2.24) is 0 Å². The average Bonchev–Trinajstić information content (AvgIpc) is 2.81. The molecule has 0 aliphatic heterocycles. The van der Waals surface area contributed by atoms with Crippen LogP contribution in [0.5, 0.6) is 5.75 Å². The molecule has 2 nitrogen and oxygen atoms in total. The molecule has 0 saturated carbocycles. The van der Waals surface area contributed by atoms with Crippen molar-refractivity contribution in [3.8, 4) is 16.9 Å². The van der Waals surface area contributed by atoms with E-state index in [1.807, 2.05) is 36.4 Å². The molecule has 1 aliphatic carbocycles. The van der Waals surface area contributed by atoms with Crippen LogP contribution in [0.4, 0.5) is 0 Å². The molecule has 2 aromatic rings. The van der Waals surface area contributed by atoms with Gasteiger partial charge in [-0.05, 0) is 41.7 Å². The Balaban J connectivity index is 2.06. The van der Waals surface area contributed by atoms with E-state index in [9.17, 15) is 4.79 Å². The molecule has 0 spiro atoms. The first-order chi connectivity index (χ1) is 10.8. The lowest BCUT2D eigenvalue weighted by Crippen LogP contribution is -2.03. The quantitative estimate of drug-likeness (QED) is 0.360. The number of hydrogen-bond acceptors (Lipinski definition) is 2. The van der Waals surface area contributed by atoms with Gasteiger partial charge in [0.2, 0.25) is 0 Å². The highest BCUT2D eigenvalue weighted by atomic mass is 79.9. The standard InChI is InChI=1S/C19H17BrO2/c1-2-6-13-11-16-14-7-3-4-8-15(14)19(21)17(16)12-18(13)22-10-5-9-20/h2-4,7-8,11-12H,1,5-6,9-10H2. The van der Waals surface area contributed by atoms with Crippen molar-refractivity contribution in [2.75, 3.05) is 11.9 Å². The second-order valence-corrected chi connectivity index (χ2v) is 6.06. The molecule has 0 fully saturated rings. The van der Waals surface area contributed by atoms with Crippen molar-refractivity contribution in [1.29, 1.82) is 0 Å². The molecule has 0 atom stereocenters. The van der Waals surface area contributed by atoms with Gasteiger partial charge in [0.05, 0.1) is 6.61 Å². The van der Waals surface area contributed by atoms with Crippen LogP contribution in [0.25, 0.3) is 11.1 Å². The van der Waals surface area contributed by atoms with Gasteiger partial charge in [0.25, 0.3) is 0 Å². The maximum absolute atomic E-state index is 12.6. The third-order valence-electron chi connectivity index (χ3n) is 3.81. The summed E-state index contributed by atoms with van der Waals surface area (Å²) in [6.45, 7) is 4.45. The zero-order chi connectivity index (χ0) is 15.5. The van der Waals surface area contributed by atoms with Crippen molar-refractivity contribution in [2.24, 2.45) is 0 Å². The molecule has 3 heteroatoms. The molecule has 0 bridgehead atoms. The zero-order valence-electron chi connectivity index (χ0n) is 12.3. The summed E-state index contributed by atoms with van der Waals surface area (Å²) in [6.07, 6.45) is 3.52. The smallest absolute Gasteiger partial charge is 0.194 e. The van der Waals surface area contributed by atoms with Crippen molar-refractivity contribution >= 4 is 21.7 Å². The lowest BCUT2D eigenvalue weighted by molar-refractivity contribution is 0.104. The molecule has 0 unspecified atom stereocenters. The van der Waals surface area contributed by atoms with Crippen molar-refractivity contribution in [3.05, 3.63) is 65.7 Å². The summed E-state index contributed by atoms with van der Waals surface area (Å²) in [6, 6.07) is 11.7. The number of ether oxygens (including phenoxy) is 1. The minimum Gasteiger partial charge on any atom is -0.493 e. The number of benzene rings is 2. The molecule has 112 valence electrons. The SMILES string of the molecule is C=CCc1cc2c(cc1OCCCBr)C(=O)c1ccccc1-2. The van der Waals surface area contributed by atoms with Crippen molar-refractivity contribution < 1.29 is 9.53 Å². The summed E-state index contributed by atoms with van der Waals surface area (Å²) in [7, 11) is 0. The fourth-order valence-electron chi connectivity index (χ4n) is 2.78. The average molecular weight is 357 g/mol. The highest BCUT2D eigenvalue weighted by Crippen LogP contribution is 2.40. The number of allylic oxidation sites excluding steroid dienone is 1. The van der Waals surface area contributed by atoms with Crippen LogP contribution >= 0.6 is 15.9 Å². The minimum atomic E-state index is 0.0843. The third-order valence-corrected chi connectivity index (χ3v) is 4.37. The van der Waals surface area contributed by atoms with Crippen LogP contribution in [0.3, 0.4) is 0 Å². The second kappa shape index (κ2) is 6.49. The summed E-state index contributed by atoms with van der Waals surface area (Å²) in [5.41, 5.74) is 4.61. The van der Waals surface area contributed by atoms with Gasteiger partial charge in [-0.25, -0.2) is 0 Å². The minimum absolute atomic E-state index is 0.0843. The van der Waals surface area contributed by atoms with Crippen LogP contribution in [0.2, 0.25) is 0 Å². The van der Waals surface area contributed by atoms with Gasteiger partial charge in [0.15, 0.2) is 5.78 Å². The van der Waals surface area contributed by atoms with Gasteiger partial charge in [-0.15, -0.1) is 6.58 Å². The Hall–Kier alpha value is -1.87. The first-order valence-electron chi connectivity index (χ1n) is 7.37. The van der Waals surface area contributed by atoms with Gasteiger partial charge in [0.1, 0.15) is 5.75 Å². The van der Waals surface area contributed by atoms with Crippen LogP contribution in [0.1, 0.15) is 27.9 Å². The molecule has 0 amide bonds. The first-order valence-corrected chi connectivity index (χ1v) is 8.49. The Kier molecular flexibility index (Phi) is 4.44. The van der Waals surface area contributed by atoms with Gasteiger partial charge >= 0.3 is 0 Å². The summed E-state index contributed by atoms with van der Waals surface area (Å²) >= 11 is 3.40. The van der Waals surface area contributed by atoms with Crippen LogP contribution in [0.15, 0.2) is 49.1 Å². The van der Waals surface area contributed by atoms with Crippen molar-refractivity contribution in [3.63, 3.8) is 0 Å². The number of alkyl halides is 1. The predicted molar refractivity (Wildman–Crippen MR) is 93.1 cm³/mol. The Morgan fingerprint density at radius 1 is 1.09 bits per heavy atom. The topological polar surface area (TPSA) is 26.3 Å². The number of hydrogen-bond donors (Lipinski definition) is 0. The van der Waals surface area contributed by atoms with Gasteiger partial charge in [-0.2, -0.15) is 0 Å². The third kappa shape index (κ3) is 2.61. The van der Waals surface area contributed by atoms with Gasteiger partial charge in [-0.1, -0.05) is 46.3 Å². The van der Waals surface area contributed by atoms with E-state index in [0.717, 1.165) is 51.7 Å². The summed E-state index contributed by atoms with van der Waals surface area (Å²) in [4.78, 5) is 12.6. The van der Waals surface area contributed by atoms with Crippen LogP contribution in [0, 0.1) is 0 Å². The van der Waals surface area contributed by atoms with Gasteiger partial charge in [-0.3, -0.25) is 4.79 Å². The zero-order valence-corrected chi connectivity index (χ0v) is 13.9. The molecule has 0 N–H and O–H groups in total. The number of ketones is 1. The molecule has 0 saturated heterocycles. The summed E-state index contributed by atoms with van der Waals surface area (Å²) in [5.74, 6) is 0.877. The molecule has 3 rings (SSSR count). The number of halogens is 1. The maximum Gasteiger partial charge on any atom is 0.194 e. The summed E-state index contributed by atoms with van der Waals surface area (Å²) in [5, 5.41) is 0.902. The van der Waals surface area contributed by atoms with E-state index in [2.05, 4.69) is 28.6 Å². The Bertz CT molecular complexity index is 734. The fraction of sp³-hybridized carbons (Fsp3) is 0.211. The molecule has 22 heavy (non-hydrogen) atoms. The molecular weight excluding hydrogens is 340 g/mol. The predicted octanol–water partition coefficient (Wildman–Crippen LogP) is 4.79. The van der Waals surface area contributed by atoms with E-state index in [-0.39, 0.29) is 5.78 Å². The number of carbonyl (C=O) groups excluding carboxylic acids is 1. The van der Waals surface area contributed by atoms with Crippen LogP contribution < -0.4 is 4.74 Å². The Labute approximate surface area is 138 Å².